The Morgan fingerprint density at radius 1 is 0.609 bits per heavy atom. The summed E-state index contributed by atoms with van der Waals surface area (Å²) in [4.78, 5) is 0. The molecular weight excluding hydrogens is 276 g/mol. The minimum atomic E-state index is 0.904. The number of hydrogen-bond acceptors (Lipinski definition) is 0. The molecule has 3 rings (SSSR count). The van der Waals surface area contributed by atoms with E-state index >= 15 is 0 Å². The predicted molar refractivity (Wildman–Crippen MR) is 101 cm³/mol. The molecule has 0 nitrogen and oxygen atoms in total. The Morgan fingerprint density at radius 3 is 1.39 bits per heavy atom. The monoisotopic (exact) mass is 316 g/mol. The van der Waals surface area contributed by atoms with E-state index in [1.54, 1.807) is 38.5 Å². The molecule has 0 radical (unpaired) electrons. The van der Waals surface area contributed by atoms with Crippen molar-refractivity contribution in [3.05, 3.63) is 12.2 Å². The first-order chi connectivity index (χ1) is 11.3. The highest BCUT2D eigenvalue weighted by molar-refractivity contribution is 4.91. The molecule has 0 bridgehead atoms. The normalized spacial score (nSPS) is 42.9. The molecule has 3 aliphatic carbocycles. The third kappa shape index (κ3) is 4.64. The minimum Gasteiger partial charge on any atom is -0.0914 e. The molecule has 0 unspecified atom stereocenters. The number of allylic oxidation sites excluding steroid dienone is 2. The first kappa shape index (κ1) is 17.6. The zero-order valence-corrected chi connectivity index (χ0v) is 15.8. The SMILES string of the molecule is C/C=C/C1CCC(C2CCC(C3CCC(CC)CC3)CC2)CC1. The van der Waals surface area contributed by atoms with Crippen LogP contribution in [-0.4, -0.2) is 0 Å². The molecule has 3 fully saturated rings. The largest absolute Gasteiger partial charge is 0.0914 e. The van der Waals surface area contributed by atoms with Crippen molar-refractivity contribution in [1.29, 1.82) is 0 Å². The van der Waals surface area contributed by atoms with E-state index in [1.165, 1.54) is 44.9 Å². The van der Waals surface area contributed by atoms with Crippen molar-refractivity contribution >= 4 is 0 Å². The Hall–Kier alpha value is -0.260. The van der Waals surface area contributed by atoms with E-state index in [4.69, 9.17) is 0 Å². The molecule has 0 aliphatic heterocycles. The van der Waals surface area contributed by atoms with E-state index in [9.17, 15) is 0 Å². The molecule has 0 N–H and O–H groups in total. The van der Waals surface area contributed by atoms with E-state index in [0.717, 1.165) is 35.5 Å². The van der Waals surface area contributed by atoms with Crippen LogP contribution in [0.1, 0.15) is 97.3 Å². The van der Waals surface area contributed by atoms with Crippen molar-refractivity contribution in [1.82, 2.24) is 0 Å². The smallest absolute Gasteiger partial charge is 0.0233 e. The summed E-state index contributed by atoms with van der Waals surface area (Å²) < 4.78 is 0. The Bertz CT molecular complexity index is 344. The van der Waals surface area contributed by atoms with Gasteiger partial charge >= 0.3 is 0 Å². The summed E-state index contributed by atoms with van der Waals surface area (Å²) in [7, 11) is 0. The molecule has 0 amide bonds. The van der Waals surface area contributed by atoms with Gasteiger partial charge in [-0.05, 0) is 107 Å². The van der Waals surface area contributed by atoms with Gasteiger partial charge in [0.25, 0.3) is 0 Å². The summed E-state index contributed by atoms with van der Waals surface area (Å²) in [6, 6.07) is 0. The minimum absolute atomic E-state index is 0.904. The van der Waals surface area contributed by atoms with Crippen LogP contribution in [0.25, 0.3) is 0 Å². The van der Waals surface area contributed by atoms with Gasteiger partial charge in [-0.1, -0.05) is 38.3 Å². The average Bonchev–Trinajstić information content (AvgIpc) is 2.63. The van der Waals surface area contributed by atoms with Gasteiger partial charge in [0, 0.05) is 0 Å². The molecule has 0 saturated heterocycles. The van der Waals surface area contributed by atoms with E-state index in [-0.39, 0.29) is 0 Å². The van der Waals surface area contributed by atoms with Crippen LogP contribution in [0.2, 0.25) is 0 Å². The first-order valence-electron chi connectivity index (χ1n) is 10.9. The second-order valence-corrected chi connectivity index (χ2v) is 9.06. The van der Waals surface area contributed by atoms with Crippen LogP contribution >= 0.6 is 0 Å². The summed E-state index contributed by atoms with van der Waals surface area (Å²) in [5.74, 6) is 6.34. The molecular formula is C23H40. The summed E-state index contributed by atoms with van der Waals surface area (Å²) >= 11 is 0. The lowest BCUT2D eigenvalue weighted by Gasteiger charge is -2.41. The van der Waals surface area contributed by atoms with E-state index in [2.05, 4.69) is 26.0 Å². The van der Waals surface area contributed by atoms with Crippen LogP contribution in [0.4, 0.5) is 0 Å². The summed E-state index contributed by atoms with van der Waals surface area (Å²) in [6.07, 6.45) is 24.6. The Balaban J connectivity index is 1.39. The lowest BCUT2D eigenvalue weighted by Crippen LogP contribution is -2.29. The molecule has 0 aromatic rings. The van der Waals surface area contributed by atoms with Crippen molar-refractivity contribution in [2.24, 2.45) is 35.5 Å². The molecule has 3 aliphatic rings. The topological polar surface area (TPSA) is 0 Å². The van der Waals surface area contributed by atoms with Gasteiger partial charge in [-0.3, -0.25) is 0 Å². The first-order valence-corrected chi connectivity index (χ1v) is 10.9. The van der Waals surface area contributed by atoms with Gasteiger partial charge in [0.05, 0.1) is 0 Å². The highest BCUT2D eigenvalue weighted by atomic mass is 14.4. The fourth-order valence-corrected chi connectivity index (χ4v) is 6.24. The number of rotatable bonds is 4. The maximum atomic E-state index is 2.46. The van der Waals surface area contributed by atoms with Crippen molar-refractivity contribution in [3.63, 3.8) is 0 Å². The molecule has 0 aromatic carbocycles. The van der Waals surface area contributed by atoms with Crippen LogP contribution < -0.4 is 0 Å². The Morgan fingerprint density at radius 2 is 1.00 bits per heavy atom. The third-order valence-corrected chi connectivity index (χ3v) is 7.90. The average molecular weight is 317 g/mol. The second-order valence-electron chi connectivity index (χ2n) is 9.06. The zero-order valence-electron chi connectivity index (χ0n) is 15.8. The Labute approximate surface area is 145 Å². The third-order valence-electron chi connectivity index (χ3n) is 7.90. The molecule has 23 heavy (non-hydrogen) atoms. The highest BCUT2D eigenvalue weighted by Gasteiger charge is 2.34. The predicted octanol–water partition coefficient (Wildman–Crippen LogP) is 7.39. The van der Waals surface area contributed by atoms with E-state index in [1.807, 2.05) is 0 Å². The summed E-state index contributed by atoms with van der Waals surface area (Å²) in [5.41, 5.74) is 0. The van der Waals surface area contributed by atoms with Crippen molar-refractivity contribution < 1.29 is 0 Å². The van der Waals surface area contributed by atoms with Gasteiger partial charge in [0.1, 0.15) is 0 Å². The van der Waals surface area contributed by atoms with Gasteiger partial charge in [0.2, 0.25) is 0 Å². The molecule has 3 saturated carbocycles. The van der Waals surface area contributed by atoms with Crippen molar-refractivity contribution in [3.8, 4) is 0 Å². The molecule has 0 heterocycles. The van der Waals surface area contributed by atoms with Gasteiger partial charge in [-0.25, -0.2) is 0 Å². The lowest BCUT2D eigenvalue weighted by atomic mass is 9.65. The zero-order chi connectivity index (χ0) is 16.1. The summed E-state index contributed by atoms with van der Waals surface area (Å²) in [5, 5.41) is 0. The van der Waals surface area contributed by atoms with Crippen molar-refractivity contribution in [2.45, 2.75) is 97.3 Å². The molecule has 0 spiro atoms. The fourth-order valence-electron chi connectivity index (χ4n) is 6.24. The van der Waals surface area contributed by atoms with Gasteiger partial charge in [-0.2, -0.15) is 0 Å². The maximum Gasteiger partial charge on any atom is -0.0233 e. The van der Waals surface area contributed by atoms with Crippen LogP contribution in [0, 0.1) is 35.5 Å². The number of hydrogen-bond donors (Lipinski definition) is 0. The second kappa shape index (κ2) is 8.72. The fraction of sp³-hybridized carbons (Fsp3) is 0.913. The quantitative estimate of drug-likeness (QED) is 0.474. The highest BCUT2D eigenvalue weighted by Crippen LogP contribution is 2.46. The van der Waals surface area contributed by atoms with Gasteiger partial charge in [0.15, 0.2) is 0 Å². The molecule has 0 heteroatoms. The van der Waals surface area contributed by atoms with Gasteiger partial charge in [-0.15, -0.1) is 0 Å². The van der Waals surface area contributed by atoms with E-state index < -0.39 is 0 Å². The molecule has 132 valence electrons. The Kier molecular flexibility index (Phi) is 6.66. The van der Waals surface area contributed by atoms with Crippen LogP contribution in [-0.2, 0) is 0 Å². The standard InChI is InChI=1S/C23H40/c1-3-5-19-8-12-21(13-9-19)23-16-14-22(15-17-23)20-10-6-18(4-2)7-11-20/h3,5,18-23H,4,6-17H2,1-2H3/b5-3+. The van der Waals surface area contributed by atoms with Crippen LogP contribution in [0.3, 0.4) is 0 Å². The maximum absolute atomic E-state index is 2.46. The van der Waals surface area contributed by atoms with Crippen LogP contribution in [0.15, 0.2) is 12.2 Å². The summed E-state index contributed by atoms with van der Waals surface area (Å²) in [6.45, 7) is 4.57. The molecule has 0 atom stereocenters. The van der Waals surface area contributed by atoms with Crippen LogP contribution in [0.5, 0.6) is 0 Å². The van der Waals surface area contributed by atoms with Crippen molar-refractivity contribution in [2.75, 3.05) is 0 Å². The lowest BCUT2D eigenvalue weighted by molar-refractivity contribution is 0.108. The molecule has 0 aromatic heterocycles. The van der Waals surface area contributed by atoms with E-state index in [0.29, 0.717) is 0 Å². The van der Waals surface area contributed by atoms with Gasteiger partial charge < -0.3 is 0 Å².